The number of hydrogen-bond acceptors (Lipinski definition) is 6. The molecule has 1 aliphatic rings. The van der Waals surface area contributed by atoms with Crippen molar-refractivity contribution in [3.05, 3.63) is 33.6 Å². The molecule has 0 saturated carbocycles. The minimum Gasteiger partial charge on any atom is -0.478 e. The van der Waals surface area contributed by atoms with Crippen LogP contribution < -0.4 is 4.74 Å². The number of hydrogen-bond donors (Lipinski definition) is 0. The van der Waals surface area contributed by atoms with E-state index < -0.39 is 22.4 Å². The lowest BCUT2D eigenvalue weighted by molar-refractivity contribution is -0.389. The molecule has 1 heterocycles. The fourth-order valence-corrected chi connectivity index (χ4v) is 1.54. The maximum atomic E-state index is 13.7. The molecular weight excluding hydrogens is 261 g/mol. The summed E-state index contributed by atoms with van der Waals surface area (Å²) in [6.45, 7) is 0.530. The minimum atomic E-state index is -1.15. The van der Waals surface area contributed by atoms with E-state index in [4.69, 9.17) is 9.47 Å². The number of methoxy groups -OCH3 is 1. The summed E-state index contributed by atoms with van der Waals surface area (Å²) in [7, 11) is 1.13. The minimum absolute atomic E-state index is 0.152. The van der Waals surface area contributed by atoms with Gasteiger partial charge in [0.2, 0.25) is 11.6 Å². The fourth-order valence-electron chi connectivity index (χ4n) is 1.54. The molecule has 0 amide bonds. The fraction of sp³-hybridized carbons (Fsp3) is 0.364. The summed E-state index contributed by atoms with van der Waals surface area (Å²) in [6, 6.07) is 1.83. The van der Waals surface area contributed by atoms with Crippen molar-refractivity contribution in [3.8, 4) is 5.75 Å². The van der Waals surface area contributed by atoms with Crippen LogP contribution >= 0.6 is 0 Å². The van der Waals surface area contributed by atoms with Crippen LogP contribution in [0.2, 0.25) is 0 Å². The monoisotopic (exact) mass is 271 g/mol. The first-order chi connectivity index (χ1) is 9.02. The highest BCUT2D eigenvalue weighted by Gasteiger charge is 2.29. The molecule has 1 saturated heterocycles. The van der Waals surface area contributed by atoms with Crippen molar-refractivity contribution in [3.63, 3.8) is 0 Å². The van der Waals surface area contributed by atoms with E-state index in [1.807, 2.05) is 0 Å². The Bertz CT molecular complexity index is 528. The van der Waals surface area contributed by atoms with Gasteiger partial charge in [0, 0.05) is 6.07 Å². The third kappa shape index (κ3) is 2.63. The van der Waals surface area contributed by atoms with Crippen LogP contribution in [-0.4, -0.2) is 37.3 Å². The predicted molar refractivity (Wildman–Crippen MR) is 59.6 cm³/mol. The SMILES string of the molecule is COC(=O)c1cc(F)c([N+](=O)[O-])c(OC2COC2)c1. The number of nitrogens with zero attached hydrogens (tertiary/aromatic N) is 1. The van der Waals surface area contributed by atoms with Gasteiger partial charge >= 0.3 is 11.7 Å². The molecule has 1 aromatic rings. The van der Waals surface area contributed by atoms with Gasteiger partial charge in [-0.2, -0.15) is 4.39 Å². The van der Waals surface area contributed by atoms with Crippen molar-refractivity contribution >= 4 is 11.7 Å². The van der Waals surface area contributed by atoms with Gasteiger partial charge < -0.3 is 14.2 Å². The summed E-state index contributed by atoms with van der Waals surface area (Å²) in [6.07, 6.45) is -0.383. The second-order valence-corrected chi connectivity index (χ2v) is 3.83. The van der Waals surface area contributed by atoms with Gasteiger partial charge in [0.15, 0.2) is 0 Å². The Kier molecular flexibility index (Phi) is 3.61. The summed E-state index contributed by atoms with van der Waals surface area (Å²) >= 11 is 0. The Morgan fingerprint density at radius 1 is 1.53 bits per heavy atom. The first-order valence-corrected chi connectivity index (χ1v) is 5.33. The largest absolute Gasteiger partial charge is 0.478 e. The van der Waals surface area contributed by atoms with Crippen molar-refractivity contribution < 1.29 is 28.3 Å². The number of esters is 1. The molecule has 0 unspecified atom stereocenters. The second-order valence-electron chi connectivity index (χ2n) is 3.83. The molecule has 0 aliphatic carbocycles. The lowest BCUT2D eigenvalue weighted by Crippen LogP contribution is -2.38. The number of ether oxygens (including phenoxy) is 3. The second kappa shape index (κ2) is 5.19. The van der Waals surface area contributed by atoms with Crippen LogP contribution in [0.1, 0.15) is 10.4 Å². The van der Waals surface area contributed by atoms with Crippen molar-refractivity contribution in [2.75, 3.05) is 20.3 Å². The molecule has 8 heteroatoms. The number of nitro benzene ring substituents is 1. The van der Waals surface area contributed by atoms with Crippen molar-refractivity contribution in [2.45, 2.75) is 6.10 Å². The van der Waals surface area contributed by atoms with E-state index in [0.717, 1.165) is 19.2 Å². The Labute approximate surface area is 107 Å². The predicted octanol–water partition coefficient (Wildman–Crippen LogP) is 1.30. The maximum absolute atomic E-state index is 13.7. The Morgan fingerprint density at radius 3 is 2.68 bits per heavy atom. The highest BCUT2D eigenvalue weighted by molar-refractivity contribution is 5.90. The molecule has 102 valence electrons. The summed E-state index contributed by atoms with van der Waals surface area (Å²) in [5.41, 5.74) is -0.958. The number of carbonyl (C=O) groups is 1. The molecule has 0 aromatic heterocycles. The van der Waals surface area contributed by atoms with Gasteiger partial charge in [-0.3, -0.25) is 10.1 Å². The third-order valence-corrected chi connectivity index (χ3v) is 2.53. The van der Waals surface area contributed by atoms with Crippen LogP contribution in [0.5, 0.6) is 5.75 Å². The molecule has 1 fully saturated rings. The van der Waals surface area contributed by atoms with Crippen LogP contribution in [-0.2, 0) is 9.47 Å². The van der Waals surface area contributed by atoms with Gasteiger partial charge in [0.1, 0.15) is 6.10 Å². The summed E-state index contributed by atoms with van der Waals surface area (Å²) in [4.78, 5) is 21.3. The van der Waals surface area contributed by atoms with Gasteiger partial charge in [-0.1, -0.05) is 0 Å². The molecule has 2 rings (SSSR count). The lowest BCUT2D eigenvalue weighted by Gasteiger charge is -2.26. The number of nitro groups is 1. The molecule has 1 aromatic carbocycles. The number of rotatable bonds is 4. The van der Waals surface area contributed by atoms with Crippen LogP contribution in [0.25, 0.3) is 0 Å². The first-order valence-electron chi connectivity index (χ1n) is 5.33. The lowest BCUT2D eigenvalue weighted by atomic mass is 10.1. The number of benzene rings is 1. The Balaban J connectivity index is 2.41. The van der Waals surface area contributed by atoms with Crippen LogP contribution in [0.4, 0.5) is 10.1 Å². The number of carbonyl (C=O) groups excluding carboxylic acids is 1. The zero-order chi connectivity index (χ0) is 14.0. The number of halogens is 1. The van der Waals surface area contributed by atoms with E-state index in [-0.39, 0.29) is 30.6 Å². The van der Waals surface area contributed by atoms with Crippen molar-refractivity contribution in [2.24, 2.45) is 0 Å². The Hall–Kier alpha value is -2.22. The van der Waals surface area contributed by atoms with Gasteiger partial charge in [0.05, 0.1) is 30.8 Å². The zero-order valence-electron chi connectivity index (χ0n) is 9.92. The van der Waals surface area contributed by atoms with Gasteiger partial charge in [-0.25, -0.2) is 4.79 Å². The third-order valence-electron chi connectivity index (χ3n) is 2.53. The van der Waals surface area contributed by atoms with Crippen LogP contribution in [0.3, 0.4) is 0 Å². The zero-order valence-corrected chi connectivity index (χ0v) is 9.92. The smallest absolute Gasteiger partial charge is 0.346 e. The first kappa shape index (κ1) is 13.2. The highest BCUT2D eigenvalue weighted by Crippen LogP contribution is 2.33. The van der Waals surface area contributed by atoms with Crippen molar-refractivity contribution in [1.29, 1.82) is 0 Å². The normalized spacial score (nSPS) is 14.6. The van der Waals surface area contributed by atoms with Crippen molar-refractivity contribution in [1.82, 2.24) is 0 Å². The summed E-state index contributed by atoms with van der Waals surface area (Å²) in [5, 5.41) is 10.8. The molecule has 0 bridgehead atoms. The van der Waals surface area contributed by atoms with Gasteiger partial charge in [0.25, 0.3) is 0 Å². The molecule has 0 spiro atoms. The average Bonchev–Trinajstić information content (AvgIpc) is 2.31. The topological polar surface area (TPSA) is 87.9 Å². The molecule has 0 radical (unpaired) electrons. The van der Waals surface area contributed by atoms with Gasteiger partial charge in [-0.05, 0) is 6.07 Å². The average molecular weight is 271 g/mol. The van der Waals surface area contributed by atoms with E-state index in [9.17, 15) is 19.3 Å². The van der Waals surface area contributed by atoms with E-state index >= 15 is 0 Å². The van der Waals surface area contributed by atoms with Crippen LogP contribution in [0.15, 0.2) is 12.1 Å². The molecule has 19 heavy (non-hydrogen) atoms. The van der Waals surface area contributed by atoms with E-state index in [1.54, 1.807) is 0 Å². The van der Waals surface area contributed by atoms with Crippen LogP contribution in [0, 0.1) is 15.9 Å². The molecular formula is C11H10FNO6. The Morgan fingerprint density at radius 2 is 2.21 bits per heavy atom. The molecule has 1 aliphatic heterocycles. The maximum Gasteiger partial charge on any atom is 0.346 e. The quantitative estimate of drug-likeness (QED) is 0.466. The van der Waals surface area contributed by atoms with Gasteiger partial charge in [-0.15, -0.1) is 0 Å². The summed E-state index contributed by atoms with van der Waals surface area (Å²) < 4.78 is 28.2. The van der Waals surface area contributed by atoms with E-state index in [1.165, 1.54) is 0 Å². The molecule has 0 N–H and O–H groups in total. The van der Waals surface area contributed by atoms with E-state index in [2.05, 4.69) is 4.74 Å². The standard InChI is InChI=1S/C11H10FNO6/c1-17-11(14)6-2-8(12)10(13(15)16)9(3-6)19-7-4-18-5-7/h2-3,7H,4-5H2,1H3. The molecule has 0 atom stereocenters. The molecule has 7 nitrogen and oxygen atoms in total. The highest BCUT2D eigenvalue weighted by atomic mass is 19.1. The summed E-state index contributed by atoms with van der Waals surface area (Å²) in [5.74, 6) is -2.26. The van der Waals surface area contributed by atoms with E-state index in [0.29, 0.717) is 0 Å².